The molecule has 0 unspecified atom stereocenters. The standard InChI is InChI=1S/C24H31N5O3/c1-15(2)30-22-12-16(3)27-24(28-22)26-14-20-17(4)29-32-23(20)21-11-10-19(13-25-21)31-18-8-6-5-7-9-18/h10-13,15,18H,5-9,14H2,1-4H3,(H,26,27,28). The molecule has 8 heteroatoms. The maximum Gasteiger partial charge on any atom is 0.226 e. The summed E-state index contributed by atoms with van der Waals surface area (Å²) in [4.78, 5) is 13.5. The van der Waals surface area contributed by atoms with Crippen LogP contribution >= 0.6 is 0 Å². The minimum atomic E-state index is 0.0419. The van der Waals surface area contributed by atoms with Gasteiger partial charge in [-0.3, -0.25) is 0 Å². The maximum absolute atomic E-state index is 6.09. The number of nitrogens with zero attached hydrogens (tertiary/aromatic N) is 4. The molecule has 3 aromatic heterocycles. The number of hydrogen-bond acceptors (Lipinski definition) is 8. The van der Waals surface area contributed by atoms with Crippen molar-refractivity contribution in [1.82, 2.24) is 20.1 Å². The number of rotatable bonds is 8. The van der Waals surface area contributed by atoms with Gasteiger partial charge in [0.25, 0.3) is 0 Å². The van der Waals surface area contributed by atoms with Gasteiger partial charge in [-0.15, -0.1) is 0 Å². The summed E-state index contributed by atoms with van der Waals surface area (Å²) in [6, 6.07) is 5.69. The summed E-state index contributed by atoms with van der Waals surface area (Å²) in [5, 5.41) is 7.41. The van der Waals surface area contributed by atoms with Crippen molar-refractivity contribution in [1.29, 1.82) is 0 Å². The number of aryl methyl sites for hydroxylation is 2. The van der Waals surface area contributed by atoms with Gasteiger partial charge in [0.2, 0.25) is 11.8 Å². The first-order valence-electron chi connectivity index (χ1n) is 11.3. The molecule has 4 rings (SSSR count). The van der Waals surface area contributed by atoms with Crippen LogP contribution in [0.25, 0.3) is 11.5 Å². The van der Waals surface area contributed by atoms with E-state index in [9.17, 15) is 0 Å². The van der Waals surface area contributed by atoms with Gasteiger partial charge in [-0.05, 0) is 65.5 Å². The molecular formula is C24H31N5O3. The summed E-state index contributed by atoms with van der Waals surface area (Å²) < 4.78 is 17.4. The lowest BCUT2D eigenvalue weighted by Gasteiger charge is -2.22. The Kier molecular flexibility index (Phi) is 6.87. The monoisotopic (exact) mass is 437 g/mol. The Bertz CT molecular complexity index is 1030. The summed E-state index contributed by atoms with van der Waals surface area (Å²) in [5.41, 5.74) is 3.25. The summed E-state index contributed by atoms with van der Waals surface area (Å²) in [7, 11) is 0. The number of ether oxygens (including phenoxy) is 2. The van der Waals surface area contributed by atoms with E-state index >= 15 is 0 Å². The lowest BCUT2D eigenvalue weighted by atomic mass is 9.98. The largest absolute Gasteiger partial charge is 0.489 e. The zero-order valence-electron chi connectivity index (χ0n) is 19.2. The quantitative estimate of drug-likeness (QED) is 0.510. The van der Waals surface area contributed by atoms with Crippen molar-refractivity contribution in [2.75, 3.05) is 5.32 Å². The number of hydrogen-bond donors (Lipinski definition) is 1. The van der Waals surface area contributed by atoms with Crippen LogP contribution in [-0.4, -0.2) is 32.3 Å². The van der Waals surface area contributed by atoms with E-state index in [4.69, 9.17) is 14.0 Å². The van der Waals surface area contributed by atoms with Gasteiger partial charge in [-0.2, -0.15) is 4.98 Å². The summed E-state index contributed by atoms with van der Waals surface area (Å²) in [6.45, 7) is 8.22. The molecule has 3 aromatic rings. The van der Waals surface area contributed by atoms with Crippen LogP contribution in [0, 0.1) is 13.8 Å². The van der Waals surface area contributed by atoms with Crippen LogP contribution < -0.4 is 14.8 Å². The van der Waals surface area contributed by atoms with E-state index in [1.165, 1.54) is 19.3 Å². The van der Waals surface area contributed by atoms with Gasteiger partial charge < -0.3 is 19.3 Å². The lowest BCUT2D eigenvalue weighted by Crippen LogP contribution is -2.19. The highest BCUT2D eigenvalue weighted by atomic mass is 16.5. The van der Waals surface area contributed by atoms with Gasteiger partial charge in [0.1, 0.15) is 11.4 Å². The van der Waals surface area contributed by atoms with Gasteiger partial charge in [0, 0.05) is 23.9 Å². The van der Waals surface area contributed by atoms with Crippen LogP contribution in [0.3, 0.4) is 0 Å². The average molecular weight is 438 g/mol. The fourth-order valence-electron chi connectivity index (χ4n) is 3.85. The molecule has 1 fully saturated rings. The highest BCUT2D eigenvalue weighted by molar-refractivity contribution is 5.58. The zero-order valence-corrected chi connectivity index (χ0v) is 19.2. The van der Waals surface area contributed by atoms with E-state index in [1.54, 1.807) is 6.20 Å². The molecule has 0 aromatic carbocycles. The minimum Gasteiger partial charge on any atom is -0.489 e. The number of pyridine rings is 1. The second kappa shape index (κ2) is 9.97. The first kappa shape index (κ1) is 22.0. The van der Waals surface area contributed by atoms with E-state index < -0.39 is 0 Å². The van der Waals surface area contributed by atoms with Gasteiger partial charge in [-0.1, -0.05) is 11.6 Å². The summed E-state index contributed by atoms with van der Waals surface area (Å²) >= 11 is 0. The molecule has 170 valence electrons. The molecular weight excluding hydrogens is 406 g/mol. The molecule has 0 aliphatic heterocycles. The molecule has 0 saturated heterocycles. The Morgan fingerprint density at radius 1 is 1.12 bits per heavy atom. The Labute approximate surface area is 188 Å². The molecule has 8 nitrogen and oxygen atoms in total. The van der Waals surface area contributed by atoms with E-state index in [-0.39, 0.29) is 6.10 Å². The normalized spacial score (nSPS) is 14.5. The van der Waals surface area contributed by atoms with Crippen LogP contribution in [0.15, 0.2) is 28.9 Å². The third-order valence-corrected chi connectivity index (χ3v) is 5.42. The Morgan fingerprint density at radius 3 is 2.66 bits per heavy atom. The molecule has 0 radical (unpaired) electrons. The highest BCUT2D eigenvalue weighted by Crippen LogP contribution is 2.28. The molecule has 1 saturated carbocycles. The molecule has 0 atom stereocenters. The first-order chi connectivity index (χ1) is 15.5. The van der Waals surface area contributed by atoms with Crippen molar-refractivity contribution in [3.05, 3.63) is 41.3 Å². The fourth-order valence-corrected chi connectivity index (χ4v) is 3.85. The molecule has 1 N–H and O–H groups in total. The lowest BCUT2D eigenvalue weighted by molar-refractivity contribution is 0.154. The highest BCUT2D eigenvalue weighted by Gasteiger charge is 2.18. The molecule has 1 aliphatic carbocycles. The van der Waals surface area contributed by atoms with Crippen LogP contribution in [0.2, 0.25) is 0 Å². The van der Waals surface area contributed by atoms with Crippen molar-refractivity contribution in [3.63, 3.8) is 0 Å². The third-order valence-electron chi connectivity index (χ3n) is 5.42. The van der Waals surface area contributed by atoms with E-state index in [0.717, 1.165) is 35.5 Å². The van der Waals surface area contributed by atoms with E-state index in [0.29, 0.717) is 35.9 Å². The SMILES string of the molecule is Cc1cc(OC(C)C)nc(NCc2c(C)noc2-c2ccc(OC3CCCCC3)cn2)n1. The molecule has 3 heterocycles. The Balaban J connectivity index is 1.46. The van der Waals surface area contributed by atoms with Crippen molar-refractivity contribution < 1.29 is 14.0 Å². The van der Waals surface area contributed by atoms with Crippen LogP contribution in [0.1, 0.15) is 62.9 Å². The van der Waals surface area contributed by atoms with Gasteiger partial charge in [0.05, 0.1) is 24.1 Å². The second-order valence-corrected chi connectivity index (χ2v) is 8.52. The Morgan fingerprint density at radius 2 is 1.94 bits per heavy atom. The number of aromatic nitrogens is 4. The van der Waals surface area contributed by atoms with Crippen molar-refractivity contribution >= 4 is 5.95 Å². The topological polar surface area (TPSA) is 95.2 Å². The predicted octanol–water partition coefficient (Wildman–Crippen LogP) is 5.25. The molecule has 1 aliphatic rings. The second-order valence-electron chi connectivity index (χ2n) is 8.52. The van der Waals surface area contributed by atoms with E-state index in [1.807, 2.05) is 45.9 Å². The van der Waals surface area contributed by atoms with Gasteiger partial charge in [-0.25, -0.2) is 9.97 Å². The van der Waals surface area contributed by atoms with Crippen molar-refractivity contribution in [2.45, 2.75) is 78.6 Å². The molecule has 0 amide bonds. The average Bonchev–Trinajstić information content (AvgIpc) is 3.13. The number of anilines is 1. The van der Waals surface area contributed by atoms with E-state index in [2.05, 4.69) is 25.4 Å². The molecule has 0 spiro atoms. The van der Waals surface area contributed by atoms with Gasteiger partial charge in [0.15, 0.2) is 5.76 Å². The fraction of sp³-hybridized carbons (Fsp3) is 0.500. The Hall–Kier alpha value is -3.16. The zero-order chi connectivity index (χ0) is 22.5. The van der Waals surface area contributed by atoms with Crippen LogP contribution in [-0.2, 0) is 6.54 Å². The third kappa shape index (κ3) is 5.55. The van der Waals surface area contributed by atoms with Gasteiger partial charge >= 0.3 is 0 Å². The minimum absolute atomic E-state index is 0.0419. The van der Waals surface area contributed by atoms with Crippen molar-refractivity contribution in [2.24, 2.45) is 0 Å². The predicted molar refractivity (Wildman–Crippen MR) is 122 cm³/mol. The molecule has 0 bridgehead atoms. The summed E-state index contributed by atoms with van der Waals surface area (Å²) in [5.74, 6) is 2.47. The smallest absolute Gasteiger partial charge is 0.226 e. The van der Waals surface area contributed by atoms with Crippen LogP contribution in [0.4, 0.5) is 5.95 Å². The van der Waals surface area contributed by atoms with Crippen LogP contribution in [0.5, 0.6) is 11.6 Å². The van der Waals surface area contributed by atoms with Crippen molar-refractivity contribution in [3.8, 4) is 23.1 Å². The maximum atomic E-state index is 6.09. The number of nitrogens with one attached hydrogen (secondary N) is 1. The molecule has 32 heavy (non-hydrogen) atoms. The first-order valence-corrected chi connectivity index (χ1v) is 11.3. The summed E-state index contributed by atoms with van der Waals surface area (Å²) in [6.07, 6.45) is 8.10.